The Kier molecular flexibility index (Phi) is 6.65. The summed E-state index contributed by atoms with van der Waals surface area (Å²) in [4.78, 5) is 28.2. The van der Waals surface area contributed by atoms with Crippen molar-refractivity contribution in [3.8, 4) is 21.5 Å². The Morgan fingerprint density at radius 2 is 1.82 bits per heavy atom. The van der Waals surface area contributed by atoms with Crippen molar-refractivity contribution in [1.82, 2.24) is 24.9 Å². The van der Waals surface area contributed by atoms with E-state index < -0.39 is 0 Å². The van der Waals surface area contributed by atoms with E-state index in [0.29, 0.717) is 23.4 Å². The molecule has 33 heavy (non-hydrogen) atoms. The molecule has 0 atom stereocenters. The molecule has 4 aromatic rings. The summed E-state index contributed by atoms with van der Waals surface area (Å²) in [5, 5.41) is 8.06. The van der Waals surface area contributed by atoms with Gasteiger partial charge < -0.3 is 13.8 Å². The molecule has 0 unspecified atom stereocenters. The minimum atomic E-state index is 0.107. The van der Waals surface area contributed by atoms with E-state index in [0.717, 1.165) is 61.0 Å². The molecule has 0 bridgehead atoms. The number of hydrogen-bond acceptors (Lipinski definition) is 9. The molecule has 0 N–H and O–H groups in total. The van der Waals surface area contributed by atoms with Crippen LogP contribution in [-0.4, -0.2) is 63.6 Å². The van der Waals surface area contributed by atoms with Crippen molar-refractivity contribution in [2.45, 2.75) is 26.2 Å². The summed E-state index contributed by atoms with van der Waals surface area (Å²) in [5.41, 5.74) is 0.729. The molecule has 1 fully saturated rings. The molecule has 0 saturated carbocycles. The maximum atomic E-state index is 12.8. The number of amides is 1. The van der Waals surface area contributed by atoms with Crippen LogP contribution in [0.5, 0.6) is 0 Å². The molecule has 1 amide bonds. The highest BCUT2D eigenvalue weighted by Gasteiger charge is 2.23. The second kappa shape index (κ2) is 9.98. The summed E-state index contributed by atoms with van der Waals surface area (Å²) in [6, 6.07) is 7.92. The first kappa shape index (κ1) is 22.0. The molecule has 1 aliphatic heterocycles. The lowest BCUT2D eigenvalue weighted by Crippen LogP contribution is -2.49. The number of rotatable bonds is 8. The molecular weight excluding hydrogens is 458 g/mol. The van der Waals surface area contributed by atoms with Crippen LogP contribution in [0.1, 0.15) is 23.8 Å². The zero-order chi connectivity index (χ0) is 22.6. The molecule has 0 radical (unpaired) electrons. The van der Waals surface area contributed by atoms with Gasteiger partial charge in [-0.25, -0.2) is 4.98 Å². The molecule has 4 aromatic heterocycles. The fourth-order valence-electron chi connectivity index (χ4n) is 3.89. The Balaban J connectivity index is 1.06. The molecule has 172 valence electrons. The fourth-order valence-corrected chi connectivity index (χ4v) is 5.19. The van der Waals surface area contributed by atoms with Crippen molar-refractivity contribution in [1.29, 1.82) is 0 Å². The van der Waals surface area contributed by atoms with Gasteiger partial charge >= 0.3 is 0 Å². The van der Waals surface area contributed by atoms with Gasteiger partial charge in [0.2, 0.25) is 23.5 Å². The predicted molar refractivity (Wildman–Crippen MR) is 127 cm³/mol. The van der Waals surface area contributed by atoms with Crippen molar-refractivity contribution >= 4 is 28.6 Å². The Morgan fingerprint density at radius 3 is 2.55 bits per heavy atom. The topological polar surface area (TPSA) is 88.5 Å². The van der Waals surface area contributed by atoms with E-state index in [1.165, 1.54) is 0 Å². The van der Waals surface area contributed by atoms with Gasteiger partial charge in [-0.3, -0.25) is 9.69 Å². The molecular formula is C23H25N5O3S2. The number of aryl methyl sites for hydroxylation is 2. The average Bonchev–Trinajstić information content (AvgIpc) is 3.62. The molecule has 0 aliphatic carbocycles. The predicted octanol–water partition coefficient (Wildman–Crippen LogP) is 4.14. The summed E-state index contributed by atoms with van der Waals surface area (Å²) in [5.74, 6) is 2.76. The van der Waals surface area contributed by atoms with Crippen molar-refractivity contribution in [2.24, 2.45) is 0 Å². The number of carbonyl (C=O) groups is 1. The zero-order valence-electron chi connectivity index (χ0n) is 18.4. The van der Waals surface area contributed by atoms with Gasteiger partial charge in [0.15, 0.2) is 0 Å². The summed E-state index contributed by atoms with van der Waals surface area (Å²) in [6.45, 7) is 6.03. The minimum absolute atomic E-state index is 0.107. The van der Waals surface area contributed by atoms with E-state index in [1.807, 2.05) is 46.8 Å². The van der Waals surface area contributed by atoms with Crippen LogP contribution in [0.3, 0.4) is 0 Å². The van der Waals surface area contributed by atoms with Gasteiger partial charge in [-0.2, -0.15) is 4.98 Å². The maximum Gasteiger partial charge on any atom is 0.236 e. The Bertz CT molecular complexity index is 1180. The quantitative estimate of drug-likeness (QED) is 0.372. The standard InChI is InChI=1S/C23H25N5O3S2/c1-16-17(24-23(30-16)19-6-4-14-33-19)15-21(29)28-11-9-27(10-12-28)8-2-7-20-25-22(26-31-20)18-5-3-13-32-18/h3-6,13-14H,2,7-12,15H2,1H3. The van der Waals surface area contributed by atoms with Crippen LogP contribution >= 0.6 is 22.7 Å². The molecule has 0 aromatic carbocycles. The lowest BCUT2D eigenvalue weighted by atomic mass is 10.2. The van der Waals surface area contributed by atoms with Crippen LogP contribution in [0.25, 0.3) is 21.5 Å². The van der Waals surface area contributed by atoms with E-state index in [-0.39, 0.29) is 12.3 Å². The number of oxazole rings is 1. The summed E-state index contributed by atoms with van der Waals surface area (Å²) < 4.78 is 11.2. The molecule has 1 aliphatic rings. The number of carbonyl (C=O) groups excluding carboxylic acids is 1. The average molecular weight is 484 g/mol. The maximum absolute atomic E-state index is 12.8. The van der Waals surface area contributed by atoms with Gasteiger partial charge in [0.05, 0.1) is 21.9 Å². The van der Waals surface area contributed by atoms with Gasteiger partial charge in [-0.15, -0.1) is 22.7 Å². The number of hydrogen-bond donors (Lipinski definition) is 0. The normalized spacial score (nSPS) is 14.8. The third kappa shape index (κ3) is 5.23. The molecule has 0 spiro atoms. The van der Waals surface area contributed by atoms with Crippen molar-refractivity contribution < 1.29 is 13.7 Å². The first-order chi connectivity index (χ1) is 16.2. The van der Waals surface area contributed by atoms with Gasteiger partial charge in [-0.1, -0.05) is 17.3 Å². The number of nitrogens with zero attached hydrogens (tertiary/aromatic N) is 5. The molecule has 1 saturated heterocycles. The van der Waals surface area contributed by atoms with Crippen LogP contribution in [-0.2, 0) is 17.6 Å². The van der Waals surface area contributed by atoms with E-state index in [4.69, 9.17) is 8.94 Å². The second-order valence-corrected chi connectivity index (χ2v) is 9.89. The highest BCUT2D eigenvalue weighted by atomic mass is 32.1. The number of thiophene rings is 2. The van der Waals surface area contributed by atoms with Crippen LogP contribution in [0.4, 0.5) is 0 Å². The lowest BCUT2D eigenvalue weighted by Gasteiger charge is -2.34. The van der Waals surface area contributed by atoms with Crippen molar-refractivity contribution in [3.05, 3.63) is 52.4 Å². The van der Waals surface area contributed by atoms with E-state index in [1.54, 1.807) is 22.7 Å². The Morgan fingerprint density at radius 1 is 1.06 bits per heavy atom. The SMILES string of the molecule is Cc1oc(-c2cccs2)nc1CC(=O)N1CCN(CCCc2nc(-c3cccs3)no2)CC1. The highest BCUT2D eigenvalue weighted by molar-refractivity contribution is 7.13. The van der Waals surface area contributed by atoms with Crippen molar-refractivity contribution in [2.75, 3.05) is 32.7 Å². The monoisotopic (exact) mass is 483 g/mol. The fraction of sp³-hybridized carbons (Fsp3) is 0.391. The van der Waals surface area contributed by atoms with Gasteiger partial charge in [0, 0.05) is 32.6 Å². The van der Waals surface area contributed by atoms with Crippen LogP contribution in [0, 0.1) is 6.92 Å². The zero-order valence-corrected chi connectivity index (χ0v) is 20.0. The minimum Gasteiger partial charge on any atom is -0.440 e. The van der Waals surface area contributed by atoms with E-state index in [2.05, 4.69) is 20.0 Å². The molecule has 10 heteroatoms. The van der Waals surface area contributed by atoms with Gasteiger partial charge in [0.25, 0.3) is 0 Å². The third-order valence-electron chi connectivity index (χ3n) is 5.74. The third-order valence-corrected chi connectivity index (χ3v) is 7.47. The number of aromatic nitrogens is 3. The smallest absolute Gasteiger partial charge is 0.236 e. The van der Waals surface area contributed by atoms with E-state index >= 15 is 0 Å². The molecule has 5 rings (SSSR count). The van der Waals surface area contributed by atoms with Gasteiger partial charge in [-0.05, 0) is 42.8 Å². The Hall–Kier alpha value is -2.82. The van der Waals surface area contributed by atoms with Crippen LogP contribution in [0.2, 0.25) is 0 Å². The van der Waals surface area contributed by atoms with Crippen LogP contribution < -0.4 is 0 Å². The largest absolute Gasteiger partial charge is 0.440 e. The van der Waals surface area contributed by atoms with Gasteiger partial charge in [0.1, 0.15) is 5.76 Å². The molecule has 5 heterocycles. The second-order valence-electron chi connectivity index (χ2n) is 7.99. The molecule has 8 nitrogen and oxygen atoms in total. The van der Waals surface area contributed by atoms with Crippen molar-refractivity contribution in [3.63, 3.8) is 0 Å². The van der Waals surface area contributed by atoms with Crippen LogP contribution in [0.15, 0.2) is 44.0 Å². The summed E-state index contributed by atoms with van der Waals surface area (Å²) in [6.07, 6.45) is 1.99. The Labute approximate surface area is 199 Å². The first-order valence-corrected chi connectivity index (χ1v) is 12.8. The lowest BCUT2D eigenvalue weighted by molar-refractivity contribution is -0.132. The first-order valence-electron chi connectivity index (χ1n) is 11.0. The summed E-state index contributed by atoms with van der Waals surface area (Å²) in [7, 11) is 0. The highest BCUT2D eigenvalue weighted by Crippen LogP contribution is 2.26. The summed E-state index contributed by atoms with van der Waals surface area (Å²) >= 11 is 3.19. The van der Waals surface area contributed by atoms with E-state index in [9.17, 15) is 4.79 Å². The number of piperazine rings is 1.